The fraction of sp³-hybridized carbons (Fsp3) is 0.520. The van der Waals surface area contributed by atoms with Gasteiger partial charge in [-0.25, -0.2) is 13.1 Å². The molecule has 2 aromatic carbocycles. The minimum Gasteiger partial charge on any atom is -0.502 e. The minimum atomic E-state index is -4.64. The molecule has 0 amide bonds. The van der Waals surface area contributed by atoms with Gasteiger partial charge >= 0.3 is 11.9 Å². The summed E-state index contributed by atoms with van der Waals surface area (Å²) in [4.78, 5) is 10.6. The first kappa shape index (κ1) is 25.0. The molecule has 3 aliphatic carbocycles. The zero-order valence-electron chi connectivity index (χ0n) is 19.6. The van der Waals surface area contributed by atoms with Gasteiger partial charge < -0.3 is 5.11 Å². The average Bonchev–Trinajstić information content (AvgIpc) is 3.13. The monoisotopic (exact) mass is 524 g/mol. The molecule has 0 unspecified atom stereocenters. The van der Waals surface area contributed by atoms with Crippen LogP contribution in [0.15, 0.2) is 41.3 Å². The predicted octanol–water partition coefficient (Wildman–Crippen LogP) is 5.52. The largest absolute Gasteiger partial charge is 0.502 e. The number of rotatable bonds is 4. The number of hydrogen-bond acceptors (Lipinski definition) is 5. The Morgan fingerprint density at radius 3 is 2.58 bits per heavy atom. The molecule has 0 radical (unpaired) electrons. The standard InChI is InChI=1S/C25H27F3N2O5S/c1-24-12-11-17-16-7-9-21(31)23(30(32)33)19(16)6-5-18(17)20(24)8-10-22(24)29-36(34,35)15-4-2-3-14(13-15)25(26,27)28/h2-4,7,9,13,17-18,20,22,29,31H,5-6,8,10-12H2,1H3/t17-,18-,20+,22+,24+/m1/s1. The Kier molecular flexibility index (Phi) is 5.86. The van der Waals surface area contributed by atoms with Crippen molar-refractivity contribution >= 4 is 15.7 Å². The number of phenolic OH excluding ortho intramolecular Hbond substituents is 1. The van der Waals surface area contributed by atoms with Crippen molar-refractivity contribution < 1.29 is 31.6 Å². The topological polar surface area (TPSA) is 110 Å². The van der Waals surface area contributed by atoms with Crippen molar-refractivity contribution in [3.63, 3.8) is 0 Å². The molecule has 0 bridgehead atoms. The lowest BCUT2D eigenvalue weighted by Crippen LogP contribution is -2.50. The van der Waals surface area contributed by atoms with Crippen LogP contribution in [0.2, 0.25) is 0 Å². The molecule has 5 atom stereocenters. The van der Waals surface area contributed by atoms with Crippen LogP contribution in [0.1, 0.15) is 61.6 Å². The van der Waals surface area contributed by atoms with Crippen LogP contribution >= 0.6 is 0 Å². The van der Waals surface area contributed by atoms with Crippen molar-refractivity contribution in [2.45, 2.75) is 68.5 Å². The molecular formula is C25H27F3N2O5S. The number of phenols is 1. The van der Waals surface area contributed by atoms with Gasteiger partial charge in [0.1, 0.15) is 0 Å². The Labute approximate surface area is 206 Å². The molecule has 0 saturated heterocycles. The second kappa shape index (κ2) is 8.44. The summed E-state index contributed by atoms with van der Waals surface area (Å²) < 4.78 is 68.3. The molecule has 2 aromatic rings. The van der Waals surface area contributed by atoms with Gasteiger partial charge in [-0.2, -0.15) is 13.2 Å². The van der Waals surface area contributed by atoms with Crippen LogP contribution < -0.4 is 4.72 Å². The van der Waals surface area contributed by atoms with Gasteiger partial charge in [-0.05, 0) is 91.5 Å². The van der Waals surface area contributed by atoms with Crippen LogP contribution in [0, 0.1) is 27.4 Å². The molecule has 2 fully saturated rings. The number of hydrogen-bond donors (Lipinski definition) is 2. The Balaban J connectivity index is 1.40. The first-order valence-electron chi connectivity index (χ1n) is 12.0. The molecule has 11 heteroatoms. The number of nitro benzene ring substituents is 1. The number of halogens is 3. The molecule has 7 nitrogen and oxygen atoms in total. The summed E-state index contributed by atoms with van der Waals surface area (Å²) in [5, 5.41) is 21.6. The number of fused-ring (bicyclic) bond motifs is 5. The van der Waals surface area contributed by atoms with Gasteiger partial charge in [-0.1, -0.05) is 19.1 Å². The van der Waals surface area contributed by atoms with Gasteiger partial charge in [0.05, 0.1) is 15.4 Å². The van der Waals surface area contributed by atoms with E-state index in [0.717, 1.165) is 24.1 Å². The third-order valence-corrected chi connectivity index (χ3v) is 10.3. The number of nitrogens with one attached hydrogen (secondary N) is 1. The van der Waals surface area contributed by atoms with E-state index >= 15 is 0 Å². The maximum Gasteiger partial charge on any atom is 0.416 e. The number of nitrogens with zero attached hydrogens (tertiary/aromatic N) is 1. The van der Waals surface area contributed by atoms with Crippen LogP contribution in [0.4, 0.5) is 18.9 Å². The lowest BCUT2D eigenvalue weighted by Gasteiger charge is -2.50. The lowest BCUT2D eigenvalue weighted by atomic mass is 9.55. The maximum absolute atomic E-state index is 13.1. The van der Waals surface area contributed by atoms with Crippen LogP contribution in [-0.2, 0) is 22.6 Å². The molecule has 2 saturated carbocycles. The van der Waals surface area contributed by atoms with Crippen molar-refractivity contribution in [3.8, 4) is 5.75 Å². The Morgan fingerprint density at radius 2 is 1.89 bits per heavy atom. The Bertz CT molecular complexity index is 1330. The SMILES string of the molecule is C[C@]12CC[C@@H]3c4ccc(O)c([N+](=O)[O-])c4CC[C@H]3[C@@H]1CC[C@@H]2NS(=O)(=O)c1cccc(C(F)(F)F)c1. The highest BCUT2D eigenvalue weighted by Crippen LogP contribution is 2.61. The summed E-state index contributed by atoms with van der Waals surface area (Å²) in [5.41, 5.74) is -0.133. The van der Waals surface area contributed by atoms with E-state index in [9.17, 15) is 36.8 Å². The molecule has 36 heavy (non-hydrogen) atoms. The first-order valence-corrected chi connectivity index (χ1v) is 13.5. The van der Waals surface area contributed by atoms with Gasteiger partial charge in [0.2, 0.25) is 10.0 Å². The summed E-state index contributed by atoms with van der Waals surface area (Å²) in [6.45, 7) is 2.05. The van der Waals surface area contributed by atoms with E-state index in [1.54, 1.807) is 6.07 Å². The van der Waals surface area contributed by atoms with Gasteiger partial charge in [0.15, 0.2) is 5.75 Å². The highest BCUT2D eigenvalue weighted by Gasteiger charge is 2.56. The van der Waals surface area contributed by atoms with Gasteiger partial charge in [0.25, 0.3) is 0 Å². The van der Waals surface area contributed by atoms with E-state index < -0.39 is 37.6 Å². The van der Waals surface area contributed by atoms with E-state index in [1.807, 2.05) is 0 Å². The minimum absolute atomic E-state index is 0.0879. The van der Waals surface area contributed by atoms with Crippen molar-refractivity contribution in [1.29, 1.82) is 0 Å². The smallest absolute Gasteiger partial charge is 0.416 e. The molecule has 0 aromatic heterocycles. The predicted molar refractivity (Wildman–Crippen MR) is 125 cm³/mol. The second-order valence-corrected chi connectivity index (χ2v) is 12.2. The highest BCUT2D eigenvalue weighted by atomic mass is 32.2. The van der Waals surface area contributed by atoms with Crippen LogP contribution in [0.25, 0.3) is 0 Å². The third kappa shape index (κ3) is 3.96. The fourth-order valence-electron chi connectivity index (χ4n) is 7.13. The average molecular weight is 525 g/mol. The molecule has 0 spiro atoms. The number of nitro groups is 1. The summed E-state index contributed by atoms with van der Waals surface area (Å²) in [7, 11) is -4.17. The summed E-state index contributed by atoms with van der Waals surface area (Å²) in [6, 6.07) is 6.51. The van der Waals surface area contributed by atoms with E-state index in [4.69, 9.17) is 0 Å². The van der Waals surface area contributed by atoms with Crippen LogP contribution in [0.3, 0.4) is 0 Å². The number of alkyl halides is 3. The summed E-state index contributed by atoms with van der Waals surface area (Å²) in [6.07, 6.45) is -0.730. The molecule has 5 rings (SSSR count). The molecule has 0 aliphatic heterocycles. The quantitative estimate of drug-likeness (QED) is 0.404. The molecule has 194 valence electrons. The zero-order chi connectivity index (χ0) is 26.0. The van der Waals surface area contributed by atoms with E-state index in [2.05, 4.69) is 11.6 Å². The summed E-state index contributed by atoms with van der Waals surface area (Å²) >= 11 is 0. The van der Waals surface area contributed by atoms with Crippen LogP contribution in [-0.4, -0.2) is 24.5 Å². The molecule has 0 heterocycles. The van der Waals surface area contributed by atoms with E-state index in [0.29, 0.717) is 43.7 Å². The number of sulfonamides is 1. The number of aromatic hydroxyl groups is 1. The van der Waals surface area contributed by atoms with Gasteiger partial charge in [-0.15, -0.1) is 0 Å². The van der Waals surface area contributed by atoms with Crippen molar-refractivity contribution in [2.75, 3.05) is 0 Å². The summed E-state index contributed by atoms with van der Waals surface area (Å²) in [5.74, 6) is 0.141. The Hall–Kier alpha value is -2.66. The molecule has 2 N–H and O–H groups in total. The highest BCUT2D eigenvalue weighted by molar-refractivity contribution is 7.89. The Morgan fingerprint density at radius 1 is 1.14 bits per heavy atom. The second-order valence-electron chi connectivity index (χ2n) is 10.5. The fourth-order valence-corrected chi connectivity index (χ4v) is 8.57. The lowest BCUT2D eigenvalue weighted by molar-refractivity contribution is -0.386. The van der Waals surface area contributed by atoms with Gasteiger partial charge in [0, 0.05) is 11.6 Å². The number of benzene rings is 2. The van der Waals surface area contributed by atoms with E-state index in [1.165, 1.54) is 12.1 Å². The zero-order valence-corrected chi connectivity index (χ0v) is 20.4. The van der Waals surface area contributed by atoms with Crippen molar-refractivity contribution in [3.05, 3.63) is 63.2 Å². The van der Waals surface area contributed by atoms with Crippen molar-refractivity contribution in [2.24, 2.45) is 17.3 Å². The molecule has 3 aliphatic rings. The first-order chi connectivity index (χ1) is 16.8. The third-order valence-electron chi connectivity index (χ3n) is 8.81. The van der Waals surface area contributed by atoms with Crippen molar-refractivity contribution in [1.82, 2.24) is 4.72 Å². The maximum atomic E-state index is 13.1. The van der Waals surface area contributed by atoms with E-state index in [-0.39, 0.29) is 34.6 Å². The van der Waals surface area contributed by atoms with Crippen LogP contribution in [0.5, 0.6) is 5.75 Å². The normalized spacial score (nSPS) is 29.8. The molecular weight excluding hydrogens is 497 g/mol. The van der Waals surface area contributed by atoms with Gasteiger partial charge in [-0.3, -0.25) is 10.1 Å².